The van der Waals surface area contributed by atoms with Crippen LogP contribution in [0.5, 0.6) is 5.88 Å². The molecule has 1 aliphatic carbocycles. The molecule has 0 bridgehead atoms. The zero-order valence-electron chi connectivity index (χ0n) is 9.63. The van der Waals surface area contributed by atoms with Gasteiger partial charge in [0.05, 0.1) is 5.56 Å². The minimum atomic E-state index is -0.482. The molecule has 1 heterocycles. The highest BCUT2D eigenvalue weighted by Gasteiger charge is 2.27. The van der Waals surface area contributed by atoms with Crippen LogP contribution in [0.15, 0.2) is 18.3 Å². The molecule has 2 rings (SSSR count). The molecule has 1 amide bonds. The molecule has 2 unspecified atom stereocenters. The number of nitrogens with two attached hydrogens (primary N) is 2. The Hall–Kier alpha value is -1.62. The van der Waals surface area contributed by atoms with Crippen LogP contribution in [-0.4, -0.2) is 23.5 Å². The first-order valence-corrected chi connectivity index (χ1v) is 5.83. The smallest absolute Gasteiger partial charge is 0.250 e. The lowest BCUT2D eigenvalue weighted by Gasteiger charge is -2.18. The Morgan fingerprint density at radius 2 is 2.29 bits per heavy atom. The van der Waals surface area contributed by atoms with Crippen LogP contribution in [0, 0.1) is 5.92 Å². The van der Waals surface area contributed by atoms with Crippen molar-refractivity contribution in [2.24, 2.45) is 17.4 Å². The van der Waals surface area contributed by atoms with Gasteiger partial charge in [-0.15, -0.1) is 0 Å². The predicted octanol–water partition coefficient (Wildman–Crippen LogP) is 0.687. The molecule has 4 N–H and O–H groups in total. The van der Waals surface area contributed by atoms with Crippen LogP contribution in [-0.2, 0) is 0 Å². The first kappa shape index (κ1) is 11.9. The lowest BCUT2D eigenvalue weighted by molar-refractivity contribution is 0.0999. The van der Waals surface area contributed by atoms with Gasteiger partial charge in [-0.3, -0.25) is 4.79 Å². The number of rotatable bonds is 4. The maximum Gasteiger partial charge on any atom is 0.250 e. The molecule has 17 heavy (non-hydrogen) atoms. The zero-order chi connectivity index (χ0) is 12.3. The molecule has 0 saturated heterocycles. The fraction of sp³-hybridized carbons (Fsp3) is 0.500. The van der Waals surface area contributed by atoms with Crippen LogP contribution >= 0.6 is 0 Å². The van der Waals surface area contributed by atoms with E-state index in [2.05, 4.69) is 4.98 Å². The Balaban J connectivity index is 2.01. The fourth-order valence-electron chi connectivity index (χ4n) is 2.18. The molecule has 1 saturated carbocycles. The second-order valence-electron chi connectivity index (χ2n) is 4.33. The minimum absolute atomic E-state index is 0.145. The summed E-state index contributed by atoms with van der Waals surface area (Å²) >= 11 is 0. The Bertz CT molecular complexity index is 391. The van der Waals surface area contributed by atoms with E-state index >= 15 is 0 Å². The highest BCUT2D eigenvalue weighted by atomic mass is 16.5. The molecule has 92 valence electrons. The third-order valence-electron chi connectivity index (χ3n) is 3.19. The van der Waals surface area contributed by atoms with Gasteiger partial charge in [0.2, 0.25) is 11.8 Å². The van der Waals surface area contributed by atoms with Gasteiger partial charge in [0.15, 0.2) is 0 Å². The Kier molecular flexibility index (Phi) is 3.58. The van der Waals surface area contributed by atoms with E-state index in [9.17, 15) is 4.79 Å². The summed E-state index contributed by atoms with van der Waals surface area (Å²) in [6.07, 6.45) is 4.85. The van der Waals surface area contributed by atoms with Crippen molar-refractivity contribution in [3.8, 4) is 5.88 Å². The van der Waals surface area contributed by atoms with Gasteiger partial charge in [0.1, 0.15) is 6.10 Å². The number of pyridine rings is 1. The molecule has 1 fully saturated rings. The summed E-state index contributed by atoms with van der Waals surface area (Å²) in [6, 6.07) is 3.29. The van der Waals surface area contributed by atoms with E-state index in [-0.39, 0.29) is 6.10 Å². The summed E-state index contributed by atoms with van der Waals surface area (Å²) < 4.78 is 5.77. The number of nitrogens with zero attached hydrogens (tertiary/aromatic N) is 1. The molecular weight excluding hydrogens is 218 g/mol. The Morgan fingerprint density at radius 1 is 1.47 bits per heavy atom. The largest absolute Gasteiger partial charge is 0.474 e. The van der Waals surface area contributed by atoms with Gasteiger partial charge in [-0.1, -0.05) is 0 Å². The van der Waals surface area contributed by atoms with Gasteiger partial charge >= 0.3 is 0 Å². The summed E-state index contributed by atoms with van der Waals surface area (Å²) in [5.74, 6) is 0.456. The number of hydrogen-bond acceptors (Lipinski definition) is 4. The van der Waals surface area contributed by atoms with Crippen molar-refractivity contribution in [2.45, 2.75) is 25.4 Å². The van der Waals surface area contributed by atoms with Gasteiger partial charge in [-0.05, 0) is 31.9 Å². The van der Waals surface area contributed by atoms with Crippen molar-refractivity contribution < 1.29 is 9.53 Å². The lowest BCUT2D eigenvalue weighted by atomic mass is 10.1. The van der Waals surface area contributed by atoms with E-state index in [4.69, 9.17) is 16.2 Å². The fourth-order valence-corrected chi connectivity index (χ4v) is 2.18. The molecular formula is C12H17N3O2. The van der Waals surface area contributed by atoms with Crippen molar-refractivity contribution in [3.05, 3.63) is 23.9 Å². The first-order valence-electron chi connectivity index (χ1n) is 5.83. The molecule has 1 aromatic rings. The standard InChI is InChI=1S/C12H17N3O2/c13-6-8-2-1-3-10(8)17-11-5-4-9(7-15-11)12(14)16/h4-5,7-8,10H,1-3,6,13H2,(H2,14,16). The van der Waals surface area contributed by atoms with Crippen molar-refractivity contribution in [1.82, 2.24) is 4.98 Å². The molecule has 2 atom stereocenters. The van der Waals surface area contributed by atoms with Crippen LogP contribution in [0.25, 0.3) is 0 Å². The van der Waals surface area contributed by atoms with E-state index < -0.39 is 5.91 Å². The van der Waals surface area contributed by atoms with Gasteiger partial charge in [0.25, 0.3) is 0 Å². The Labute approximate surface area is 100 Å². The average Bonchev–Trinajstić information content (AvgIpc) is 2.77. The number of primary amides is 1. The quantitative estimate of drug-likeness (QED) is 0.803. The van der Waals surface area contributed by atoms with Crippen molar-refractivity contribution in [2.75, 3.05) is 6.54 Å². The highest BCUT2D eigenvalue weighted by Crippen LogP contribution is 2.28. The number of amides is 1. The Morgan fingerprint density at radius 3 is 2.88 bits per heavy atom. The predicted molar refractivity (Wildman–Crippen MR) is 63.6 cm³/mol. The van der Waals surface area contributed by atoms with Gasteiger partial charge < -0.3 is 16.2 Å². The van der Waals surface area contributed by atoms with E-state index in [0.717, 1.165) is 19.3 Å². The summed E-state index contributed by atoms with van der Waals surface area (Å²) in [5.41, 5.74) is 11.2. The molecule has 0 aromatic carbocycles. The average molecular weight is 235 g/mol. The van der Waals surface area contributed by atoms with Crippen LogP contribution < -0.4 is 16.2 Å². The van der Waals surface area contributed by atoms with E-state index in [0.29, 0.717) is 23.9 Å². The third kappa shape index (κ3) is 2.74. The monoisotopic (exact) mass is 235 g/mol. The number of carbonyl (C=O) groups excluding carboxylic acids is 1. The minimum Gasteiger partial charge on any atom is -0.474 e. The molecule has 5 nitrogen and oxygen atoms in total. The summed E-state index contributed by atoms with van der Waals surface area (Å²) in [4.78, 5) is 14.9. The van der Waals surface area contributed by atoms with Crippen molar-refractivity contribution in [3.63, 3.8) is 0 Å². The number of carbonyl (C=O) groups is 1. The lowest BCUT2D eigenvalue weighted by Crippen LogP contribution is -2.28. The van der Waals surface area contributed by atoms with Gasteiger partial charge in [-0.2, -0.15) is 0 Å². The molecule has 0 spiro atoms. The van der Waals surface area contributed by atoms with E-state index in [1.165, 1.54) is 6.20 Å². The normalized spacial score (nSPS) is 23.6. The molecule has 1 aliphatic rings. The van der Waals surface area contributed by atoms with E-state index in [1.54, 1.807) is 12.1 Å². The van der Waals surface area contributed by atoms with E-state index in [1.807, 2.05) is 0 Å². The summed E-state index contributed by atoms with van der Waals surface area (Å²) in [6.45, 7) is 0.643. The second-order valence-corrected chi connectivity index (χ2v) is 4.33. The van der Waals surface area contributed by atoms with Crippen LogP contribution in [0.2, 0.25) is 0 Å². The number of ether oxygens (including phenoxy) is 1. The van der Waals surface area contributed by atoms with Crippen LogP contribution in [0.4, 0.5) is 0 Å². The summed E-state index contributed by atoms with van der Waals surface area (Å²) in [7, 11) is 0. The van der Waals surface area contributed by atoms with Gasteiger partial charge in [-0.25, -0.2) is 4.98 Å². The van der Waals surface area contributed by atoms with Gasteiger partial charge in [0, 0.05) is 18.2 Å². The second kappa shape index (κ2) is 5.14. The zero-order valence-corrected chi connectivity index (χ0v) is 9.63. The number of hydrogen-bond donors (Lipinski definition) is 2. The van der Waals surface area contributed by atoms with Crippen LogP contribution in [0.3, 0.4) is 0 Å². The number of aromatic nitrogens is 1. The molecule has 1 aromatic heterocycles. The molecule has 5 heteroatoms. The summed E-state index contributed by atoms with van der Waals surface area (Å²) in [5, 5.41) is 0. The maximum atomic E-state index is 10.9. The highest BCUT2D eigenvalue weighted by molar-refractivity contribution is 5.92. The maximum absolute atomic E-state index is 10.9. The molecule has 0 aliphatic heterocycles. The molecule has 0 radical (unpaired) electrons. The first-order chi connectivity index (χ1) is 8.20. The van der Waals surface area contributed by atoms with Crippen molar-refractivity contribution in [1.29, 1.82) is 0 Å². The topological polar surface area (TPSA) is 91.2 Å². The van der Waals surface area contributed by atoms with Crippen LogP contribution in [0.1, 0.15) is 29.6 Å². The SMILES string of the molecule is NCC1CCCC1Oc1ccc(C(N)=O)cn1. The van der Waals surface area contributed by atoms with Crippen molar-refractivity contribution >= 4 is 5.91 Å². The third-order valence-corrected chi connectivity index (χ3v) is 3.19.